The summed E-state index contributed by atoms with van der Waals surface area (Å²) in [5.74, 6) is 1.07. The molecule has 1 amide bonds. The number of carbonyl (C=O) groups is 1. The molecule has 1 fully saturated rings. The van der Waals surface area contributed by atoms with Crippen LogP contribution < -0.4 is 5.73 Å². The van der Waals surface area contributed by atoms with E-state index in [1.54, 1.807) is 0 Å². The van der Waals surface area contributed by atoms with E-state index in [0.29, 0.717) is 18.4 Å². The van der Waals surface area contributed by atoms with Gasteiger partial charge in [0.25, 0.3) is 0 Å². The molecule has 1 aliphatic rings. The molecule has 2 atom stereocenters. The zero-order valence-electron chi connectivity index (χ0n) is 10.9. The minimum atomic E-state index is 0.194. The topological polar surface area (TPSA) is 46.3 Å². The van der Waals surface area contributed by atoms with Gasteiger partial charge in [0.2, 0.25) is 5.91 Å². The van der Waals surface area contributed by atoms with Crippen molar-refractivity contribution in [3.63, 3.8) is 0 Å². The first-order valence-corrected chi connectivity index (χ1v) is 6.66. The first-order chi connectivity index (χ1) is 7.65. The molecular formula is C13H26N2O. The maximum Gasteiger partial charge on any atom is 0.225 e. The Morgan fingerprint density at radius 3 is 2.56 bits per heavy atom. The van der Waals surface area contributed by atoms with E-state index in [0.717, 1.165) is 25.8 Å². The molecule has 1 rings (SSSR count). The van der Waals surface area contributed by atoms with Gasteiger partial charge < -0.3 is 10.6 Å². The van der Waals surface area contributed by atoms with Gasteiger partial charge in [-0.3, -0.25) is 4.79 Å². The third-order valence-electron chi connectivity index (χ3n) is 3.98. The fourth-order valence-corrected chi connectivity index (χ4v) is 2.75. The summed E-state index contributed by atoms with van der Waals surface area (Å²) in [6.07, 6.45) is 4.22. The molecule has 2 N–H and O–H groups in total. The van der Waals surface area contributed by atoms with Crippen molar-refractivity contribution in [2.75, 3.05) is 13.1 Å². The van der Waals surface area contributed by atoms with E-state index in [4.69, 9.17) is 5.73 Å². The summed E-state index contributed by atoms with van der Waals surface area (Å²) in [6, 6.07) is 0.266. The van der Waals surface area contributed by atoms with E-state index in [1.165, 1.54) is 6.42 Å². The van der Waals surface area contributed by atoms with Crippen LogP contribution in [0.25, 0.3) is 0 Å². The molecule has 0 aromatic carbocycles. The number of likely N-dealkylation sites (tertiary alicyclic amines) is 1. The normalized spacial score (nSPS) is 26.2. The summed E-state index contributed by atoms with van der Waals surface area (Å²) in [7, 11) is 0. The van der Waals surface area contributed by atoms with E-state index in [9.17, 15) is 4.79 Å². The van der Waals surface area contributed by atoms with Crippen LogP contribution in [-0.2, 0) is 4.79 Å². The Labute approximate surface area is 99.4 Å². The van der Waals surface area contributed by atoms with Crippen LogP contribution in [-0.4, -0.2) is 29.9 Å². The van der Waals surface area contributed by atoms with Gasteiger partial charge in [-0.25, -0.2) is 0 Å². The molecule has 0 saturated carbocycles. The fourth-order valence-electron chi connectivity index (χ4n) is 2.75. The lowest BCUT2D eigenvalue weighted by Crippen LogP contribution is -2.53. The van der Waals surface area contributed by atoms with Crippen molar-refractivity contribution in [1.82, 2.24) is 4.90 Å². The Hall–Kier alpha value is -0.570. The van der Waals surface area contributed by atoms with E-state index in [2.05, 4.69) is 20.8 Å². The molecule has 3 nitrogen and oxygen atoms in total. The summed E-state index contributed by atoms with van der Waals surface area (Å²) < 4.78 is 0. The molecule has 94 valence electrons. The number of nitrogens with zero attached hydrogens (tertiary/aromatic N) is 1. The molecular weight excluding hydrogens is 200 g/mol. The smallest absolute Gasteiger partial charge is 0.225 e. The maximum absolute atomic E-state index is 12.3. The van der Waals surface area contributed by atoms with Crippen molar-refractivity contribution < 1.29 is 4.79 Å². The average Bonchev–Trinajstić information content (AvgIpc) is 2.30. The molecule has 3 heteroatoms. The van der Waals surface area contributed by atoms with Crippen LogP contribution in [0.15, 0.2) is 0 Å². The summed E-state index contributed by atoms with van der Waals surface area (Å²) in [6.45, 7) is 7.91. The van der Waals surface area contributed by atoms with Crippen molar-refractivity contribution >= 4 is 5.91 Å². The Kier molecular flexibility index (Phi) is 5.26. The van der Waals surface area contributed by atoms with Crippen molar-refractivity contribution in [1.29, 1.82) is 0 Å². The van der Waals surface area contributed by atoms with Gasteiger partial charge in [-0.15, -0.1) is 0 Å². The molecule has 16 heavy (non-hydrogen) atoms. The molecule has 1 saturated heterocycles. The second-order valence-corrected chi connectivity index (χ2v) is 4.97. The van der Waals surface area contributed by atoms with Crippen LogP contribution in [0.5, 0.6) is 0 Å². The summed E-state index contributed by atoms with van der Waals surface area (Å²) in [5, 5.41) is 0. The van der Waals surface area contributed by atoms with Gasteiger partial charge in [-0.05, 0) is 31.6 Å². The van der Waals surface area contributed by atoms with Crippen molar-refractivity contribution in [3.8, 4) is 0 Å². The standard InChI is InChI=1S/C13H26N2O/c1-4-11(5-2)13(16)15-8-6-7-10(3)12(15)9-14/h10-12H,4-9,14H2,1-3H3. The number of hydrogen-bond donors (Lipinski definition) is 1. The monoisotopic (exact) mass is 226 g/mol. The second kappa shape index (κ2) is 6.24. The maximum atomic E-state index is 12.3. The lowest BCUT2D eigenvalue weighted by Gasteiger charge is -2.41. The van der Waals surface area contributed by atoms with Gasteiger partial charge >= 0.3 is 0 Å². The highest BCUT2D eigenvalue weighted by Crippen LogP contribution is 2.25. The average molecular weight is 226 g/mol. The van der Waals surface area contributed by atoms with Crippen LogP contribution >= 0.6 is 0 Å². The third kappa shape index (κ3) is 2.76. The molecule has 1 aliphatic heterocycles. The third-order valence-corrected chi connectivity index (χ3v) is 3.98. The van der Waals surface area contributed by atoms with Crippen LogP contribution in [0, 0.1) is 11.8 Å². The van der Waals surface area contributed by atoms with Gasteiger partial charge in [0.15, 0.2) is 0 Å². The van der Waals surface area contributed by atoms with Gasteiger partial charge in [0.05, 0.1) is 0 Å². The number of carbonyl (C=O) groups excluding carboxylic acids is 1. The van der Waals surface area contributed by atoms with Gasteiger partial charge in [-0.1, -0.05) is 20.8 Å². The predicted octanol–water partition coefficient (Wildman–Crippen LogP) is 2.01. The van der Waals surface area contributed by atoms with E-state index in [1.807, 2.05) is 4.90 Å². The van der Waals surface area contributed by atoms with Gasteiger partial charge in [-0.2, -0.15) is 0 Å². The Morgan fingerprint density at radius 1 is 1.44 bits per heavy atom. The van der Waals surface area contributed by atoms with Gasteiger partial charge in [0, 0.05) is 25.0 Å². The molecule has 2 unspecified atom stereocenters. The number of hydrogen-bond acceptors (Lipinski definition) is 2. The van der Waals surface area contributed by atoms with Crippen LogP contribution in [0.1, 0.15) is 46.5 Å². The highest BCUT2D eigenvalue weighted by Gasteiger charge is 2.32. The molecule has 0 radical (unpaired) electrons. The predicted molar refractivity (Wildman–Crippen MR) is 67.0 cm³/mol. The van der Waals surface area contributed by atoms with E-state index >= 15 is 0 Å². The lowest BCUT2D eigenvalue weighted by atomic mass is 9.89. The molecule has 0 aliphatic carbocycles. The Bertz CT molecular complexity index is 226. The van der Waals surface area contributed by atoms with E-state index in [-0.39, 0.29) is 12.0 Å². The number of rotatable bonds is 4. The van der Waals surface area contributed by atoms with Crippen molar-refractivity contribution in [2.45, 2.75) is 52.5 Å². The number of nitrogens with two attached hydrogens (primary N) is 1. The minimum absolute atomic E-state index is 0.194. The molecule has 0 aromatic rings. The van der Waals surface area contributed by atoms with Crippen molar-refractivity contribution in [3.05, 3.63) is 0 Å². The highest BCUT2D eigenvalue weighted by atomic mass is 16.2. The number of amides is 1. The first-order valence-electron chi connectivity index (χ1n) is 6.66. The zero-order chi connectivity index (χ0) is 12.1. The van der Waals surface area contributed by atoms with Crippen molar-refractivity contribution in [2.24, 2.45) is 17.6 Å². The second-order valence-electron chi connectivity index (χ2n) is 4.97. The molecule has 0 spiro atoms. The van der Waals surface area contributed by atoms with Crippen LogP contribution in [0.2, 0.25) is 0 Å². The summed E-state index contributed by atoms with van der Waals surface area (Å²) >= 11 is 0. The summed E-state index contributed by atoms with van der Waals surface area (Å²) in [5.41, 5.74) is 5.81. The van der Waals surface area contributed by atoms with Crippen LogP contribution in [0.4, 0.5) is 0 Å². The largest absolute Gasteiger partial charge is 0.338 e. The molecule has 0 bridgehead atoms. The fraction of sp³-hybridized carbons (Fsp3) is 0.923. The Balaban J connectivity index is 2.72. The minimum Gasteiger partial charge on any atom is -0.338 e. The first kappa shape index (κ1) is 13.5. The SMILES string of the molecule is CCC(CC)C(=O)N1CCCC(C)C1CN. The van der Waals surface area contributed by atoms with Crippen LogP contribution in [0.3, 0.4) is 0 Å². The highest BCUT2D eigenvalue weighted by molar-refractivity contribution is 5.79. The zero-order valence-corrected chi connectivity index (χ0v) is 10.9. The van der Waals surface area contributed by atoms with Gasteiger partial charge in [0.1, 0.15) is 0 Å². The lowest BCUT2D eigenvalue weighted by molar-refractivity contribution is -0.140. The molecule has 0 aromatic heterocycles. The quantitative estimate of drug-likeness (QED) is 0.797. The Morgan fingerprint density at radius 2 is 2.06 bits per heavy atom. The number of piperidine rings is 1. The molecule has 1 heterocycles. The summed E-state index contributed by atoms with van der Waals surface area (Å²) in [4.78, 5) is 14.4. The van der Waals surface area contributed by atoms with E-state index < -0.39 is 0 Å².